The molecular weight excluding hydrogens is 272 g/mol. The maximum absolute atomic E-state index is 4.42. The summed E-state index contributed by atoms with van der Waals surface area (Å²) in [4.78, 5) is 11.4. The Labute approximate surface area is 133 Å². The molecule has 1 aromatic carbocycles. The number of likely N-dealkylation sites (tertiary alicyclic amines) is 1. The van der Waals surface area contributed by atoms with Crippen molar-refractivity contribution in [2.45, 2.75) is 39.0 Å². The summed E-state index contributed by atoms with van der Waals surface area (Å²) in [5.74, 6) is 0.974. The predicted molar refractivity (Wildman–Crippen MR) is 92.3 cm³/mol. The Morgan fingerprint density at radius 3 is 2.82 bits per heavy atom. The van der Waals surface area contributed by atoms with Crippen LogP contribution in [0.1, 0.15) is 38.2 Å². The maximum atomic E-state index is 4.42. The van der Waals surface area contributed by atoms with Gasteiger partial charge in [0.1, 0.15) is 12.1 Å². The Morgan fingerprint density at radius 2 is 2.00 bits per heavy atom. The first-order chi connectivity index (χ1) is 10.9. The Morgan fingerprint density at radius 1 is 1.14 bits per heavy atom. The molecule has 22 heavy (non-hydrogen) atoms. The quantitative estimate of drug-likeness (QED) is 0.795. The molecule has 1 fully saturated rings. The molecule has 2 heterocycles. The van der Waals surface area contributed by atoms with Crippen molar-refractivity contribution in [3.8, 4) is 0 Å². The number of hydrogen-bond acceptors (Lipinski definition) is 4. The fraction of sp³-hybridized carbons (Fsp3) is 0.556. The van der Waals surface area contributed by atoms with Crippen LogP contribution in [0, 0.1) is 0 Å². The van der Waals surface area contributed by atoms with Crippen LogP contribution in [0.4, 0.5) is 5.82 Å². The lowest BCUT2D eigenvalue weighted by atomic mass is 10.1. The van der Waals surface area contributed by atoms with Crippen molar-refractivity contribution in [2.24, 2.45) is 0 Å². The van der Waals surface area contributed by atoms with E-state index in [0.717, 1.165) is 29.7 Å². The second kappa shape index (κ2) is 7.54. The van der Waals surface area contributed by atoms with Crippen molar-refractivity contribution < 1.29 is 0 Å². The molecule has 0 amide bonds. The number of benzene rings is 1. The van der Waals surface area contributed by atoms with Crippen molar-refractivity contribution in [1.29, 1.82) is 0 Å². The summed E-state index contributed by atoms with van der Waals surface area (Å²) < 4.78 is 0. The number of nitrogens with zero attached hydrogens (tertiary/aromatic N) is 3. The molecule has 0 saturated carbocycles. The molecule has 0 bridgehead atoms. The third-order valence-corrected chi connectivity index (χ3v) is 4.50. The number of hydrogen-bond donors (Lipinski definition) is 1. The number of rotatable bonds is 7. The number of aryl methyl sites for hydroxylation is 1. The summed E-state index contributed by atoms with van der Waals surface area (Å²) in [5.41, 5.74) is 2.35. The molecule has 1 N–H and O–H groups in total. The summed E-state index contributed by atoms with van der Waals surface area (Å²) in [5, 5.41) is 4.63. The molecule has 0 aliphatic carbocycles. The Kier molecular flexibility index (Phi) is 5.22. The molecule has 4 heteroatoms. The SMILES string of the molecule is CCc1ccc2ncnc(NCCCCN3CCCC3)c2c1. The van der Waals surface area contributed by atoms with Gasteiger partial charge in [-0.15, -0.1) is 0 Å². The van der Waals surface area contributed by atoms with E-state index in [1.807, 2.05) is 0 Å². The largest absolute Gasteiger partial charge is 0.369 e. The van der Waals surface area contributed by atoms with Crippen molar-refractivity contribution in [2.75, 3.05) is 31.5 Å². The zero-order valence-corrected chi connectivity index (χ0v) is 13.5. The van der Waals surface area contributed by atoms with E-state index in [4.69, 9.17) is 0 Å². The fourth-order valence-corrected chi connectivity index (χ4v) is 3.14. The smallest absolute Gasteiger partial charge is 0.137 e. The molecule has 0 radical (unpaired) electrons. The minimum Gasteiger partial charge on any atom is -0.369 e. The molecule has 1 aromatic heterocycles. The van der Waals surface area contributed by atoms with E-state index in [2.05, 4.69) is 45.3 Å². The van der Waals surface area contributed by atoms with E-state index in [1.54, 1.807) is 6.33 Å². The van der Waals surface area contributed by atoms with E-state index in [0.29, 0.717) is 0 Å². The second-order valence-electron chi connectivity index (χ2n) is 6.11. The zero-order valence-electron chi connectivity index (χ0n) is 13.5. The van der Waals surface area contributed by atoms with Gasteiger partial charge in [-0.3, -0.25) is 0 Å². The minimum absolute atomic E-state index is 0.974. The number of anilines is 1. The van der Waals surface area contributed by atoms with E-state index in [-0.39, 0.29) is 0 Å². The van der Waals surface area contributed by atoms with Gasteiger partial charge in [0.25, 0.3) is 0 Å². The minimum atomic E-state index is 0.974. The summed E-state index contributed by atoms with van der Waals surface area (Å²) in [6, 6.07) is 6.45. The molecule has 1 aliphatic heterocycles. The Hall–Kier alpha value is -1.68. The molecular formula is C18H26N4. The van der Waals surface area contributed by atoms with Crippen LogP contribution in [0.15, 0.2) is 24.5 Å². The topological polar surface area (TPSA) is 41.1 Å². The van der Waals surface area contributed by atoms with Crippen LogP contribution in [0.3, 0.4) is 0 Å². The number of unbranched alkanes of at least 4 members (excludes halogenated alkanes) is 1. The van der Waals surface area contributed by atoms with Gasteiger partial charge in [0, 0.05) is 11.9 Å². The molecule has 3 rings (SSSR count). The van der Waals surface area contributed by atoms with E-state index < -0.39 is 0 Å². The lowest BCUT2D eigenvalue weighted by Crippen LogP contribution is -2.20. The molecule has 0 unspecified atom stereocenters. The van der Waals surface area contributed by atoms with Gasteiger partial charge in [-0.2, -0.15) is 0 Å². The van der Waals surface area contributed by atoms with Crippen molar-refractivity contribution in [1.82, 2.24) is 14.9 Å². The highest BCUT2D eigenvalue weighted by Crippen LogP contribution is 2.21. The average Bonchev–Trinajstić information content (AvgIpc) is 3.07. The average molecular weight is 298 g/mol. The van der Waals surface area contributed by atoms with Crippen LogP contribution in [0.2, 0.25) is 0 Å². The van der Waals surface area contributed by atoms with Gasteiger partial charge >= 0.3 is 0 Å². The van der Waals surface area contributed by atoms with Gasteiger partial charge < -0.3 is 10.2 Å². The van der Waals surface area contributed by atoms with Crippen LogP contribution >= 0.6 is 0 Å². The van der Waals surface area contributed by atoms with Crippen LogP contribution in [-0.2, 0) is 6.42 Å². The van der Waals surface area contributed by atoms with Gasteiger partial charge in [0.15, 0.2) is 0 Å². The van der Waals surface area contributed by atoms with Gasteiger partial charge in [0.05, 0.1) is 5.52 Å². The van der Waals surface area contributed by atoms with Crippen LogP contribution < -0.4 is 5.32 Å². The van der Waals surface area contributed by atoms with Gasteiger partial charge in [0.2, 0.25) is 0 Å². The second-order valence-corrected chi connectivity index (χ2v) is 6.11. The number of nitrogens with one attached hydrogen (secondary N) is 1. The summed E-state index contributed by atoms with van der Waals surface area (Å²) in [6.45, 7) is 6.99. The van der Waals surface area contributed by atoms with Gasteiger partial charge in [-0.05, 0) is 69.4 Å². The van der Waals surface area contributed by atoms with Gasteiger partial charge in [-0.1, -0.05) is 13.0 Å². The standard InChI is InChI=1S/C18H26N4/c1-2-15-7-8-17-16(13-15)18(21-14-20-17)19-9-3-4-10-22-11-5-6-12-22/h7-8,13-14H,2-6,9-12H2,1H3,(H,19,20,21). The van der Waals surface area contributed by atoms with E-state index in [1.165, 1.54) is 50.9 Å². The summed E-state index contributed by atoms with van der Waals surface area (Å²) in [6.07, 6.45) is 7.90. The first kappa shape index (κ1) is 15.2. The normalized spacial score (nSPS) is 15.5. The highest BCUT2D eigenvalue weighted by atomic mass is 15.1. The molecule has 0 atom stereocenters. The Balaban J connectivity index is 1.54. The molecule has 1 aliphatic rings. The third kappa shape index (κ3) is 3.74. The first-order valence-electron chi connectivity index (χ1n) is 8.56. The molecule has 118 valence electrons. The highest BCUT2D eigenvalue weighted by molar-refractivity contribution is 5.89. The van der Waals surface area contributed by atoms with E-state index in [9.17, 15) is 0 Å². The fourth-order valence-electron chi connectivity index (χ4n) is 3.14. The summed E-state index contributed by atoms with van der Waals surface area (Å²) >= 11 is 0. The third-order valence-electron chi connectivity index (χ3n) is 4.50. The lowest BCUT2D eigenvalue weighted by molar-refractivity contribution is 0.331. The number of fused-ring (bicyclic) bond motifs is 1. The maximum Gasteiger partial charge on any atom is 0.137 e. The van der Waals surface area contributed by atoms with Crippen molar-refractivity contribution >= 4 is 16.7 Å². The highest BCUT2D eigenvalue weighted by Gasteiger charge is 2.10. The van der Waals surface area contributed by atoms with Crippen LogP contribution in [-0.4, -0.2) is 41.0 Å². The van der Waals surface area contributed by atoms with Gasteiger partial charge in [-0.25, -0.2) is 9.97 Å². The number of aromatic nitrogens is 2. The Bertz CT molecular complexity index is 605. The molecule has 0 spiro atoms. The van der Waals surface area contributed by atoms with Crippen molar-refractivity contribution in [3.05, 3.63) is 30.1 Å². The van der Waals surface area contributed by atoms with E-state index >= 15 is 0 Å². The lowest BCUT2D eigenvalue weighted by Gasteiger charge is -2.14. The zero-order chi connectivity index (χ0) is 15.2. The summed E-state index contributed by atoms with van der Waals surface area (Å²) in [7, 11) is 0. The van der Waals surface area contributed by atoms with Crippen LogP contribution in [0.25, 0.3) is 10.9 Å². The van der Waals surface area contributed by atoms with Crippen LogP contribution in [0.5, 0.6) is 0 Å². The first-order valence-corrected chi connectivity index (χ1v) is 8.56. The molecule has 2 aromatic rings. The molecule has 4 nitrogen and oxygen atoms in total. The van der Waals surface area contributed by atoms with Crippen molar-refractivity contribution in [3.63, 3.8) is 0 Å². The predicted octanol–water partition coefficient (Wildman–Crippen LogP) is 3.48. The molecule has 1 saturated heterocycles. The monoisotopic (exact) mass is 298 g/mol.